The van der Waals surface area contributed by atoms with Crippen molar-refractivity contribution in [3.63, 3.8) is 0 Å². The van der Waals surface area contributed by atoms with Crippen molar-refractivity contribution in [3.8, 4) is 0 Å². The molecule has 2 atom stereocenters. The number of rotatable bonds is 3. The summed E-state index contributed by atoms with van der Waals surface area (Å²) in [6, 6.07) is 19.9. The maximum Gasteiger partial charge on any atom is 0.307 e. The van der Waals surface area contributed by atoms with E-state index >= 15 is 0 Å². The van der Waals surface area contributed by atoms with Crippen molar-refractivity contribution in [1.82, 2.24) is 0 Å². The van der Waals surface area contributed by atoms with Gasteiger partial charge in [-0.05, 0) is 23.1 Å². The van der Waals surface area contributed by atoms with E-state index in [2.05, 4.69) is 6.08 Å². The van der Waals surface area contributed by atoms with Gasteiger partial charge in [0.25, 0.3) is 0 Å². The molecule has 20 heavy (non-hydrogen) atoms. The molecule has 2 nitrogen and oxygen atoms in total. The molecule has 0 radical (unpaired) electrons. The van der Waals surface area contributed by atoms with Gasteiger partial charge >= 0.3 is 5.97 Å². The van der Waals surface area contributed by atoms with Crippen LogP contribution >= 0.6 is 0 Å². The van der Waals surface area contributed by atoms with E-state index < -0.39 is 5.97 Å². The van der Waals surface area contributed by atoms with Crippen molar-refractivity contribution in [2.24, 2.45) is 5.92 Å². The lowest BCUT2D eigenvalue weighted by Crippen LogP contribution is -2.17. The molecule has 0 saturated carbocycles. The van der Waals surface area contributed by atoms with E-state index in [0.717, 1.165) is 16.7 Å². The van der Waals surface area contributed by atoms with E-state index in [0.29, 0.717) is 6.42 Å². The molecule has 0 aliphatic heterocycles. The Kier molecular flexibility index (Phi) is 3.38. The van der Waals surface area contributed by atoms with Crippen LogP contribution in [-0.4, -0.2) is 11.1 Å². The average molecular weight is 264 g/mol. The number of hydrogen-bond acceptors (Lipinski definition) is 1. The van der Waals surface area contributed by atoms with Crippen LogP contribution in [-0.2, 0) is 4.79 Å². The van der Waals surface area contributed by atoms with Crippen molar-refractivity contribution < 1.29 is 9.90 Å². The van der Waals surface area contributed by atoms with Gasteiger partial charge in [0.2, 0.25) is 0 Å². The van der Waals surface area contributed by atoms with Gasteiger partial charge in [-0.2, -0.15) is 0 Å². The zero-order valence-electron chi connectivity index (χ0n) is 11.1. The number of carboxylic acid groups (broad SMARTS) is 1. The molecule has 0 aromatic heterocycles. The molecular formula is C18H16O2. The second-order valence-electron chi connectivity index (χ2n) is 5.14. The number of allylic oxidation sites excluding steroid dienone is 2. The summed E-state index contributed by atoms with van der Waals surface area (Å²) < 4.78 is 0. The second-order valence-corrected chi connectivity index (χ2v) is 5.14. The molecule has 0 fully saturated rings. The molecule has 0 amide bonds. The highest BCUT2D eigenvalue weighted by atomic mass is 16.4. The highest BCUT2D eigenvalue weighted by Crippen LogP contribution is 2.42. The van der Waals surface area contributed by atoms with Gasteiger partial charge in [-0.3, -0.25) is 4.79 Å². The predicted octanol–water partition coefficient (Wildman–Crippen LogP) is 3.96. The zero-order chi connectivity index (χ0) is 13.9. The summed E-state index contributed by atoms with van der Waals surface area (Å²) in [5, 5.41) is 9.48. The quantitative estimate of drug-likeness (QED) is 0.911. The fraction of sp³-hybridized carbons (Fsp3) is 0.167. The molecule has 1 N–H and O–H groups in total. The van der Waals surface area contributed by atoms with Gasteiger partial charge < -0.3 is 5.11 Å². The van der Waals surface area contributed by atoms with Crippen LogP contribution in [0.3, 0.4) is 0 Å². The third-order valence-electron chi connectivity index (χ3n) is 3.90. The van der Waals surface area contributed by atoms with Gasteiger partial charge in [0, 0.05) is 5.92 Å². The minimum absolute atomic E-state index is 0.0380. The first-order valence-electron chi connectivity index (χ1n) is 6.79. The van der Waals surface area contributed by atoms with E-state index in [9.17, 15) is 9.90 Å². The van der Waals surface area contributed by atoms with E-state index in [4.69, 9.17) is 0 Å². The number of carboxylic acids is 1. The minimum atomic E-state index is -0.721. The molecule has 0 saturated heterocycles. The second kappa shape index (κ2) is 5.33. The Bertz CT molecular complexity index is 629. The van der Waals surface area contributed by atoms with Crippen LogP contribution in [0.25, 0.3) is 5.57 Å². The Labute approximate surface area is 118 Å². The predicted molar refractivity (Wildman–Crippen MR) is 79.3 cm³/mol. The van der Waals surface area contributed by atoms with Crippen molar-refractivity contribution in [2.75, 3.05) is 0 Å². The number of hydrogen-bond donors (Lipinski definition) is 1. The molecule has 0 heterocycles. The molecular weight excluding hydrogens is 248 g/mol. The van der Waals surface area contributed by atoms with E-state index in [1.54, 1.807) is 0 Å². The summed E-state index contributed by atoms with van der Waals surface area (Å²) in [6.45, 7) is 0. The molecule has 2 heteroatoms. The molecule has 0 spiro atoms. The van der Waals surface area contributed by atoms with Crippen molar-refractivity contribution in [2.45, 2.75) is 12.3 Å². The van der Waals surface area contributed by atoms with Crippen LogP contribution in [0.15, 0.2) is 66.7 Å². The largest absolute Gasteiger partial charge is 0.481 e. The van der Waals surface area contributed by atoms with Crippen LogP contribution in [0.2, 0.25) is 0 Å². The summed E-state index contributed by atoms with van der Waals surface area (Å²) in [5.41, 5.74) is 3.33. The Morgan fingerprint density at radius 2 is 1.55 bits per heavy atom. The Hall–Kier alpha value is -2.35. The Morgan fingerprint density at radius 1 is 0.950 bits per heavy atom. The molecule has 2 unspecified atom stereocenters. The number of benzene rings is 2. The first-order valence-corrected chi connectivity index (χ1v) is 6.79. The maximum absolute atomic E-state index is 11.5. The normalized spacial score (nSPS) is 21.5. The number of carbonyl (C=O) groups is 1. The molecule has 0 bridgehead atoms. The maximum atomic E-state index is 11.5. The lowest BCUT2D eigenvalue weighted by atomic mass is 9.89. The van der Waals surface area contributed by atoms with E-state index in [1.807, 2.05) is 60.7 Å². The van der Waals surface area contributed by atoms with E-state index in [1.165, 1.54) is 0 Å². The highest BCUT2D eigenvalue weighted by Gasteiger charge is 2.34. The molecule has 100 valence electrons. The standard InChI is InChI=1S/C18H16O2/c19-18(20)17-12-15(13-7-3-1-4-8-13)11-16(17)14-9-5-2-6-10-14/h1-11,16-17H,12H2,(H,19,20). The smallest absolute Gasteiger partial charge is 0.307 e. The van der Waals surface area contributed by atoms with Crippen LogP contribution in [0.5, 0.6) is 0 Å². The topological polar surface area (TPSA) is 37.3 Å². The lowest BCUT2D eigenvalue weighted by molar-refractivity contribution is -0.141. The summed E-state index contributed by atoms with van der Waals surface area (Å²) in [5.74, 6) is -1.13. The first-order chi connectivity index (χ1) is 9.75. The molecule has 1 aliphatic carbocycles. The first kappa shape index (κ1) is 12.7. The summed E-state index contributed by atoms with van der Waals surface area (Å²) >= 11 is 0. The SMILES string of the molecule is O=C(O)C1CC(c2ccccc2)=CC1c1ccccc1. The van der Waals surface area contributed by atoms with Gasteiger partial charge in [-0.15, -0.1) is 0 Å². The molecule has 2 aromatic rings. The van der Waals surface area contributed by atoms with Crippen LogP contribution in [0.4, 0.5) is 0 Å². The highest BCUT2D eigenvalue weighted by molar-refractivity contribution is 5.81. The van der Waals surface area contributed by atoms with Crippen molar-refractivity contribution in [1.29, 1.82) is 0 Å². The summed E-state index contributed by atoms with van der Waals surface area (Å²) in [4.78, 5) is 11.5. The minimum Gasteiger partial charge on any atom is -0.481 e. The fourth-order valence-electron chi connectivity index (χ4n) is 2.88. The molecule has 1 aliphatic rings. The Balaban J connectivity index is 1.98. The monoisotopic (exact) mass is 264 g/mol. The zero-order valence-corrected chi connectivity index (χ0v) is 11.1. The molecule has 2 aromatic carbocycles. The number of aliphatic carboxylic acids is 1. The van der Waals surface area contributed by atoms with Gasteiger partial charge in [-0.1, -0.05) is 66.7 Å². The Morgan fingerprint density at radius 3 is 2.15 bits per heavy atom. The molecule has 3 rings (SSSR count). The fourth-order valence-corrected chi connectivity index (χ4v) is 2.88. The van der Waals surface area contributed by atoms with E-state index in [-0.39, 0.29) is 11.8 Å². The van der Waals surface area contributed by atoms with Crippen LogP contribution in [0.1, 0.15) is 23.5 Å². The van der Waals surface area contributed by atoms with Gasteiger partial charge in [0.05, 0.1) is 5.92 Å². The summed E-state index contributed by atoms with van der Waals surface area (Å²) in [6.07, 6.45) is 2.71. The summed E-state index contributed by atoms with van der Waals surface area (Å²) in [7, 11) is 0. The van der Waals surface area contributed by atoms with Gasteiger partial charge in [0.1, 0.15) is 0 Å². The van der Waals surface area contributed by atoms with Gasteiger partial charge in [-0.25, -0.2) is 0 Å². The van der Waals surface area contributed by atoms with Crippen LogP contribution in [0, 0.1) is 5.92 Å². The third-order valence-corrected chi connectivity index (χ3v) is 3.90. The van der Waals surface area contributed by atoms with Crippen molar-refractivity contribution >= 4 is 11.5 Å². The third kappa shape index (κ3) is 2.37. The lowest BCUT2D eigenvalue weighted by Gasteiger charge is -2.15. The van der Waals surface area contributed by atoms with Gasteiger partial charge in [0.15, 0.2) is 0 Å². The average Bonchev–Trinajstić information content (AvgIpc) is 2.94. The van der Waals surface area contributed by atoms with Crippen LogP contribution < -0.4 is 0 Å². The van der Waals surface area contributed by atoms with Crippen molar-refractivity contribution in [3.05, 3.63) is 77.9 Å².